The Morgan fingerprint density at radius 2 is 1.93 bits per heavy atom. The van der Waals surface area contributed by atoms with Crippen LogP contribution in [0.2, 0.25) is 0 Å². The van der Waals surface area contributed by atoms with E-state index in [1.165, 1.54) is 6.07 Å². The number of aliphatic hydroxyl groups is 1. The van der Waals surface area contributed by atoms with Crippen LogP contribution in [-0.4, -0.2) is 47.2 Å². The summed E-state index contributed by atoms with van der Waals surface area (Å²) < 4.78 is 28.9. The molecule has 0 aliphatic carbocycles. The first kappa shape index (κ1) is 20.4. The zero-order chi connectivity index (χ0) is 21.1. The van der Waals surface area contributed by atoms with Crippen molar-refractivity contribution in [3.8, 4) is 5.69 Å². The van der Waals surface area contributed by atoms with E-state index in [4.69, 9.17) is 5.11 Å². The molecule has 2 aromatic carbocycles. The van der Waals surface area contributed by atoms with Crippen LogP contribution in [0.15, 0.2) is 47.3 Å². The Balaban J connectivity index is 1.84. The number of nitrogens with zero attached hydrogens (tertiary/aromatic N) is 3. The van der Waals surface area contributed by atoms with E-state index in [0.29, 0.717) is 29.7 Å². The molecule has 30 heavy (non-hydrogen) atoms. The number of hydrogen-bond donors (Lipinski definition) is 2. The maximum atomic E-state index is 14.5. The van der Waals surface area contributed by atoms with Crippen molar-refractivity contribution in [2.24, 2.45) is 0 Å². The summed E-state index contributed by atoms with van der Waals surface area (Å²) in [5.74, 6) is -0.966. The topological polar surface area (TPSA) is 70.4 Å². The minimum Gasteiger partial charge on any atom is -0.395 e. The predicted octanol–water partition coefficient (Wildman–Crippen LogP) is 2.60. The third kappa shape index (κ3) is 4.06. The lowest BCUT2D eigenvalue weighted by atomic mass is 10.1. The highest BCUT2D eigenvalue weighted by molar-refractivity contribution is 5.91. The van der Waals surface area contributed by atoms with Gasteiger partial charge < -0.3 is 15.3 Å². The zero-order valence-corrected chi connectivity index (χ0v) is 16.5. The molecule has 1 atom stereocenters. The minimum atomic E-state index is -0.843. The molecule has 0 spiro atoms. The fraction of sp³-hybridized carbons (Fsp3) is 0.364. The van der Waals surface area contributed by atoms with Crippen molar-refractivity contribution in [3.63, 3.8) is 0 Å². The molecule has 1 aliphatic heterocycles. The molecule has 4 rings (SSSR count). The normalized spacial score (nSPS) is 17.3. The van der Waals surface area contributed by atoms with Gasteiger partial charge in [-0.15, -0.1) is 5.10 Å². The quantitative estimate of drug-likeness (QED) is 0.672. The van der Waals surface area contributed by atoms with Crippen LogP contribution >= 0.6 is 0 Å². The fourth-order valence-corrected chi connectivity index (χ4v) is 3.99. The molecular formula is C22H24F2N4O2. The molecule has 0 bridgehead atoms. The summed E-state index contributed by atoms with van der Waals surface area (Å²) in [5, 5.41) is 18.1. The Hall–Kier alpha value is -2.84. The van der Waals surface area contributed by atoms with Crippen LogP contribution in [0.5, 0.6) is 0 Å². The van der Waals surface area contributed by atoms with Gasteiger partial charge in [0.2, 0.25) is 0 Å². The van der Waals surface area contributed by atoms with Crippen LogP contribution in [0.4, 0.5) is 14.6 Å². The highest BCUT2D eigenvalue weighted by Gasteiger charge is 2.23. The Labute approximate surface area is 172 Å². The molecule has 2 N–H and O–H groups in total. The number of nitrogens with one attached hydrogen (secondary N) is 1. The number of rotatable bonds is 5. The number of hydrogen-bond acceptors (Lipinski definition) is 5. The third-order valence-electron chi connectivity index (χ3n) is 5.44. The molecule has 3 aromatic rings. The number of anilines is 1. The molecule has 1 saturated heterocycles. The Bertz CT molecular complexity index is 1100. The fourth-order valence-electron chi connectivity index (χ4n) is 3.99. The van der Waals surface area contributed by atoms with Crippen molar-refractivity contribution in [2.45, 2.75) is 25.3 Å². The molecule has 0 radical (unpaired) electrons. The summed E-state index contributed by atoms with van der Waals surface area (Å²) in [6, 6.07) is 10.4. The Morgan fingerprint density at radius 1 is 1.13 bits per heavy atom. The van der Waals surface area contributed by atoms with Crippen LogP contribution in [0.1, 0.15) is 19.3 Å². The van der Waals surface area contributed by atoms with Crippen LogP contribution in [-0.2, 0) is 0 Å². The first-order valence-electron chi connectivity index (χ1n) is 10.1. The van der Waals surface area contributed by atoms with Gasteiger partial charge in [-0.05, 0) is 31.0 Å². The predicted molar refractivity (Wildman–Crippen MR) is 112 cm³/mol. The van der Waals surface area contributed by atoms with Crippen molar-refractivity contribution < 1.29 is 13.9 Å². The van der Waals surface area contributed by atoms with Crippen molar-refractivity contribution in [1.82, 2.24) is 15.1 Å². The van der Waals surface area contributed by atoms with E-state index in [-0.39, 0.29) is 18.3 Å². The molecule has 2 heterocycles. The molecular weight excluding hydrogens is 390 g/mol. The molecule has 1 unspecified atom stereocenters. The number of benzene rings is 2. The second-order valence-corrected chi connectivity index (χ2v) is 7.50. The van der Waals surface area contributed by atoms with E-state index in [1.807, 2.05) is 12.1 Å². The molecule has 158 valence electrons. The van der Waals surface area contributed by atoms with Crippen molar-refractivity contribution in [3.05, 3.63) is 64.5 Å². The largest absolute Gasteiger partial charge is 0.395 e. The number of fused-ring (bicyclic) bond motifs is 1. The van der Waals surface area contributed by atoms with Crippen LogP contribution in [0.25, 0.3) is 16.5 Å². The first-order valence-corrected chi connectivity index (χ1v) is 10.1. The Morgan fingerprint density at radius 3 is 2.70 bits per heavy atom. The molecule has 1 aromatic heterocycles. The van der Waals surface area contributed by atoms with E-state index in [1.54, 1.807) is 12.1 Å². The lowest BCUT2D eigenvalue weighted by molar-refractivity contribution is 0.282. The summed E-state index contributed by atoms with van der Waals surface area (Å²) in [4.78, 5) is 15.2. The zero-order valence-electron chi connectivity index (χ0n) is 16.5. The molecule has 0 saturated carbocycles. The van der Waals surface area contributed by atoms with Gasteiger partial charge in [-0.1, -0.05) is 24.6 Å². The van der Waals surface area contributed by atoms with Gasteiger partial charge in [0, 0.05) is 37.1 Å². The van der Waals surface area contributed by atoms with Gasteiger partial charge >= 0.3 is 0 Å². The van der Waals surface area contributed by atoms with E-state index >= 15 is 0 Å². The lowest BCUT2D eigenvalue weighted by Gasteiger charge is -2.27. The summed E-state index contributed by atoms with van der Waals surface area (Å²) in [6.07, 6.45) is 2.96. The second-order valence-electron chi connectivity index (χ2n) is 7.50. The van der Waals surface area contributed by atoms with Crippen LogP contribution in [0.3, 0.4) is 0 Å². The minimum absolute atomic E-state index is 0.0619. The van der Waals surface area contributed by atoms with E-state index < -0.39 is 17.2 Å². The maximum absolute atomic E-state index is 14.5. The van der Waals surface area contributed by atoms with E-state index in [9.17, 15) is 13.6 Å². The molecule has 0 amide bonds. The average Bonchev–Trinajstić information content (AvgIpc) is 2.99. The van der Waals surface area contributed by atoms with Gasteiger partial charge in [-0.2, -0.15) is 4.68 Å². The van der Waals surface area contributed by atoms with Gasteiger partial charge in [-0.3, -0.25) is 4.79 Å². The van der Waals surface area contributed by atoms with Crippen LogP contribution < -0.4 is 15.8 Å². The summed E-state index contributed by atoms with van der Waals surface area (Å²) in [6.45, 7) is 1.97. The van der Waals surface area contributed by atoms with Gasteiger partial charge in [0.25, 0.3) is 5.56 Å². The number of aliphatic hydroxyl groups excluding tert-OH is 1. The summed E-state index contributed by atoms with van der Waals surface area (Å²) in [7, 11) is 0. The highest BCUT2D eigenvalue weighted by Crippen LogP contribution is 2.26. The third-order valence-corrected chi connectivity index (χ3v) is 5.44. The van der Waals surface area contributed by atoms with E-state index in [0.717, 1.165) is 42.6 Å². The maximum Gasteiger partial charge on any atom is 0.279 e. The van der Waals surface area contributed by atoms with Crippen molar-refractivity contribution >= 4 is 16.6 Å². The molecule has 1 aliphatic rings. The average molecular weight is 414 g/mol. The SMILES string of the molecule is O=c1c2ccccc2c(N2CCCCC(NCCO)C2)nn1-c1ccc(F)cc1F. The van der Waals surface area contributed by atoms with Gasteiger partial charge in [0.1, 0.15) is 11.5 Å². The van der Waals surface area contributed by atoms with Gasteiger partial charge in [0.05, 0.1) is 12.0 Å². The summed E-state index contributed by atoms with van der Waals surface area (Å²) in [5.41, 5.74) is -0.539. The summed E-state index contributed by atoms with van der Waals surface area (Å²) >= 11 is 0. The number of halogens is 2. The smallest absolute Gasteiger partial charge is 0.279 e. The Kier molecular flexibility index (Phi) is 6.06. The first-order chi connectivity index (χ1) is 14.6. The highest BCUT2D eigenvalue weighted by atomic mass is 19.1. The van der Waals surface area contributed by atoms with Gasteiger partial charge in [-0.25, -0.2) is 8.78 Å². The van der Waals surface area contributed by atoms with Crippen molar-refractivity contribution in [1.29, 1.82) is 0 Å². The van der Waals surface area contributed by atoms with E-state index in [2.05, 4.69) is 15.3 Å². The standard InChI is InChI=1S/C22H24F2N4O2/c23-15-8-9-20(19(24)13-15)28-22(30)18-7-2-1-6-17(18)21(26-28)27-11-4-3-5-16(14-27)25-10-12-29/h1-2,6-9,13,16,25,29H,3-5,10-12,14H2. The monoisotopic (exact) mass is 414 g/mol. The van der Waals surface area contributed by atoms with Gasteiger partial charge in [0.15, 0.2) is 11.6 Å². The molecule has 1 fully saturated rings. The lowest BCUT2D eigenvalue weighted by Crippen LogP contribution is -2.42. The molecule has 6 nitrogen and oxygen atoms in total. The second kappa shape index (κ2) is 8.89. The van der Waals surface area contributed by atoms with Crippen LogP contribution in [0, 0.1) is 11.6 Å². The number of aromatic nitrogens is 2. The molecule has 8 heteroatoms. The van der Waals surface area contributed by atoms with Crippen molar-refractivity contribution in [2.75, 3.05) is 31.1 Å².